The van der Waals surface area contributed by atoms with Gasteiger partial charge < -0.3 is 19.5 Å². The number of fused-ring (bicyclic) bond motifs is 1. The van der Waals surface area contributed by atoms with Crippen LogP contribution in [0.3, 0.4) is 0 Å². The summed E-state index contributed by atoms with van der Waals surface area (Å²) in [5.41, 5.74) is 2.94. The molecule has 0 spiro atoms. The largest absolute Gasteiger partial charge is 0.454 e. The fourth-order valence-electron chi connectivity index (χ4n) is 4.14. The van der Waals surface area contributed by atoms with E-state index in [-0.39, 0.29) is 43.0 Å². The molecule has 0 aromatic heterocycles. The van der Waals surface area contributed by atoms with Gasteiger partial charge in [-0.1, -0.05) is 35.9 Å². The smallest absolute Gasteiger partial charge is 0.338 e. The van der Waals surface area contributed by atoms with Gasteiger partial charge in [-0.25, -0.2) is 9.69 Å². The Morgan fingerprint density at radius 3 is 2.41 bits per heavy atom. The standard InChI is InChI=1S/C28H24N2O7/c1-17-2-5-19(6-3-17)23(31)15-35-28(34)20-7-9-21(10-8-20)30-26(32)13-22(27(30)33)29-14-18-4-11-24-25(12-18)37-16-36-24/h2-12,22,29H,13-16H2,1H3. The van der Waals surface area contributed by atoms with E-state index in [9.17, 15) is 19.2 Å². The van der Waals surface area contributed by atoms with Gasteiger partial charge in [-0.05, 0) is 48.9 Å². The maximum atomic E-state index is 12.9. The molecular weight excluding hydrogens is 476 g/mol. The second-order valence-electron chi connectivity index (χ2n) is 8.80. The molecule has 1 atom stereocenters. The van der Waals surface area contributed by atoms with Crippen molar-refractivity contribution in [3.63, 3.8) is 0 Å². The van der Waals surface area contributed by atoms with Gasteiger partial charge in [0.2, 0.25) is 12.7 Å². The Labute approximate surface area is 212 Å². The van der Waals surface area contributed by atoms with E-state index in [1.165, 1.54) is 24.3 Å². The number of aryl methyl sites for hydroxylation is 1. The molecule has 3 aromatic carbocycles. The molecule has 0 bridgehead atoms. The van der Waals surface area contributed by atoms with Gasteiger partial charge in [0.1, 0.15) is 0 Å². The van der Waals surface area contributed by atoms with Crippen LogP contribution in [0.1, 0.15) is 38.3 Å². The fourth-order valence-corrected chi connectivity index (χ4v) is 4.14. The highest BCUT2D eigenvalue weighted by molar-refractivity contribution is 6.22. The monoisotopic (exact) mass is 500 g/mol. The van der Waals surface area contributed by atoms with Crippen molar-refractivity contribution in [1.29, 1.82) is 0 Å². The van der Waals surface area contributed by atoms with Gasteiger partial charge in [0.15, 0.2) is 23.9 Å². The first-order chi connectivity index (χ1) is 17.9. The fraction of sp³-hybridized carbons (Fsp3) is 0.214. The third-order valence-corrected chi connectivity index (χ3v) is 6.21. The molecule has 0 radical (unpaired) electrons. The topological polar surface area (TPSA) is 111 Å². The Bertz CT molecular complexity index is 1370. The molecular formula is C28H24N2O7. The quantitative estimate of drug-likeness (QED) is 0.285. The third-order valence-electron chi connectivity index (χ3n) is 6.21. The van der Waals surface area contributed by atoms with Crippen LogP contribution in [0.15, 0.2) is 66.7 Å². The zero-order chi connectivity index (χ0) is 25.9. The number of imide groups is 1. The van der Waals surface area contributed by atoms with E-state index in [1.54, 1.807) is 18.2 Å². The summed E-state index contributed by atoms with van der Waals surface area (Å²) < 4.78 is 15.8. The summed E-state index contributed by atoms with van der Waals surface area (Å²) in [5.74, 6) is -0.371. The van der Waals surface area contributed by atoms with E-state index < -0.39 is 12.0 Å². The average Bonchev–Trinajstić information content (AvgIpc) is 3.49. The maximum absolute atomic E-state index is 12.9. The predicted octanol–water partition coefficient (Wildman–Crippen LogP) is 3.19. The van der Waals surface area contributed by atoms with Crippen LogP contribution >= 0.6 is 0 Å². The molecule has 2 aliphatic rings. The van der Waals surface area contributed by atoms with Gasteiger partial charge in [-0.15, -0.1) is 0 Å². The summed E-state index contributed by atoms with van der Waals surface area (Å²) >= 11 is 0. The van der Waals surface area contributed by atoms with Crippen molar-refractivity contribution in [3.8, 4) is 11.5 Å². The lowest BCUT2D eigenvalue weighted by atomic mass is 10.1. The lowest BCUT2D eigenvalue weighted by Gasteiger charge is -2.16. The highest BCUT2D eigenvalue weighted by atomic mass is 16.7. The highest BCUT2D eigenvalue weighted by Gasteiger charge is 2.39. The summed E-state index contributed by atoms with van der Waals surface area (Å²) in [6, 6.07) is 17.8. The SMILES string of the molecule is Cc1ccc(C(=O)COC(=O)c2ccc(N3C(=O)CC(NCc4ccc5c(c4)OCO5)C3=O)cc2)cc1. The van der Waals surface area contributed by atoms with Gasteiger partial charge in [0.25, 0.3) is 5.91 Å². The number of benzene rings is 3. The maximum Gasteiger partial charge on any atom is 0.338 e. The molecule has 1 fully saturated rings. The van der Waals surface area contributed by atoms with E-state index in [2.05, 4.69) is 5.32 Å². The average molecular weight is 501 g/mol. The molecule has 1 unspecified atom stereocenters. The number of amides is 2. The second-order valence-corrected chi connectivity index (χ2v) is 8.80. The molecule has 2 heterocycles. The first-order valence-corrected chi connectivity index (χ1v) is 11.7. The van der Waals surface area contributed by atoms with Crippen LogP contribution < -0.4 is 19.7 Å². The van der Waals surface area contributed by atoms with Gasteiger partial charge in [0, 0.05) is 12.1 Å². The molecule has 5 rings (SSSR count). The Kier molecular flexibility index (Phi) is 6.70. The van der Waals surface area contributed by atoms with Crippen molar-refractivity contribution in [2.75, 3.05) is 18.3 Å². The Hall–Kier alpha value is -4.50. The van der Waals surface area contributed by atoms with Crippen molar-refractivity contribution in [1.82, 2.24) is 5.32 Å². The number of carbonyl (C=O) groups excluding carboxylic acids is 4. The van der Waals surface area contributed by atoms with E-state index in [0.29, 0.717) is 29.3 Å². The van der Waals surface area contributed by atoms with Crippen LogP contribution in [-0.2, 0) is 20.9 Å². The van der Waals surface area contributed by atoms with Crippen LogP contribution in [0.25, 0.3) is 0 Å². The molecule has 9 heteroatoms. The summed E-state index contributed by atoms with van der Waals surface area (Å²) in [4.78, 5) is 51.3. The Morgan fingerprint density at radius 2 is 1.65 bits per heavy atom. The Balaban J connectivity index is 1.17. The van der Waals surface area contributed by atoms with E-state index in [0.717, 1.165) is 16.0 Å². The van der Waals surface area contributed by atoms with Crippen molar-refractivity contribution >= 4 is 29.3 Å². The van der Waals surface area contributed by atoms with Gasteiger partial charge in [-0.3, -0.25) is 14.4 Å². The number of carbonyl (C=O) groups is 4. The minimum absolute atomic E-state index is 0.0221. The lowest BCUT2D eigenvalue weighted by Crippen LogP contribution is -2.38. The van der Waals surface area contributed by atoms with E-state index in [4.69, 9.17) is 14.2 Å². The number of esters is 1. The predicted molar refractivity (Wildman–Crippen MR) is 133 cm³/mol. The molecule has 2 aliphatic heterocycles. The molecule has 1 saturated heterocycles. The minimum Gasteiger partial charge on any atom is -0.454 e. The summed E-state index contributed by atoms with van der Waals surface area (Å²) in [6.45, 7) is 2.08. The number of anilines is 1. The summed E-state index contributed by atoms with van der Waals surface area (Å²) in [7, 11) is 0. The summed E-state index contributed by atoms with van der Waals surface area (Å²) in [5, 5.41) is 3.13. The van der Waals surface area contributed by atoms with Crippen molar-refractivity contribution in [2.24, 2.45) is 0 Å². The molecule has 9 nitrogen and oxygen atoms in total. The van der Waals surface area contributed by atoms with Gasteiger partial charge >= 0.3 is 5.97 Å². The van der Waals surface area contributed by atoms with E-state index >= 15 is 0 Å². The number of ether oxygens (including phenoxy) is 3. The normalized spacial score (nSPS) is 16.2. The molecule has 2 amide bonds. The van der Waals surface area contributed by atoms with Gasteiger partial charge in [0.05, 0.1) is 23.7 Å². The molecule has 0 saturated carbocycles. The van der Waals surface area contributed by atoms with Crippen molar-refractivity contribution in [3.05, 3.63) is 89.0 Å². The van der Waals surface area contributed by atoms with Crippen LogP contribution in [-0.4, -0.2) is 43.0 Å². The first kappa shape index (κ1) is 24.2. The van der Waals surface area contributed by atoms with Crippen LogP contribution in [0.2, 0.25) is 0 Å². The number of rotatable bonds is 8. The van der Waals surface area contributed by atoms with Gasteiger partial charge in [-0.2, -0.15) is 0 Å². The van der Waals surface area contributed by atoms with Crippen LogP contribution in [0.5, 0.6) is 11.5 Å². The van der Waals surface area contributed by atoms with E-state index in [1.807, 2.05) is 31.2 Å². The van der Waals surface area contributed by atoms with Crippen LogP contribution in [0.4, 0.5) is 5.69 Å². The third kappa shape index (κ3) is 5.22. The zero-order valence-corrected chi connectivity index (χ0v) is 20.1. The van der Waals surface area contributed by atoms with Crippen LogP contribution in [0, 0.1) is 6.92 Å². The molecule has 1 N–H and O–H groups in total. The number of hydrogen-bond acceptors (Lipinski definition) is 8. The molecule has 188 valence electrons. The Morgan fingerprint density at radius 1 is 0.946 bits per heavy atom. The highest BCUT2D eigenvalue weighted by Crippen LogP contribution is 2.32. The molecule has 37 heavy (non-hydrogen) atoms. The number of hydrogen-bond donors (Lipinski definition) is 1. The number of nitrogens with zero attached hydrogens (tertiary/aromatic N) is 1. The van der Waals surface area contributed by atoms with Crippen molar-refractivity contribution < 1.29 is 33.4 Å². The number of Topliss-reactive ketones (excluding diaryl/α,β-unsaturated/α-hetero) is 1. The second kappa shape index (κ2) is 10.2. The molecule has 0 aliphatic carbocycles. The minimum atomic E-state index is -0.672. The van der Waals surface area contributed by atoms with Crippen molar-refractivity contribution in [2.45, 2.75) is 25.9 Å². The molecule has 3 aromatic rings. The lowest BCUT2D eigenvalue weighted by molar-refractivity contribution is -0.121. The number of nitrogens with one attached hydrogen (secondary N) is 1. The summed E-state index contributed by atoms with van der Waals surface area (Å²) in [6.07, 6.45) is 0.0221. The number of ketones is 1. The first-order valence-electron chi connectivity index (χ1n) is 11.7. The zero-order valence-electron chi connectivity index (χ0n) is 20.1.